The number of hydrogen-bond acceptors (Lipinski definition) is 11. The smallest absolute Gasteiger partial charge is 0.475 e. The summed E-state index contributed by atoms with van der Waals surface area (Å²) in [6, 6.07) is 1.85. The summed E-state index contributed by atoms with van der Waals surface area (Å²) in [5.74, 6) is -5.58. The van der Waals surface area contributed by atoms with Gasteiger partial charge in [0.1, 0.15) is 35.9 Å². The molecule has 6 aliphatic rings. The summed E-state index contributed by atoms with van der Waals surface area (Å²) in [5.41, 5.74) is 1.87. The minimum atomic E-state index is -5.08. The Morgan fingerprint density at radius 1 is 1.02 bits per heavy atom. The molecule has 14 nitrogen and oxygen atoms in total. The van der Waals surface area contributed by atoms with E-state index in [0.29, 0.717) is 71.6 Å². The number of aromatic amines is 1. The molecular formula is C37H36ClF8N7O7. The van der Waals surface area contributed by atoms with E-state index in [0.717, 1.165) is 44.2 Å². The van der Waals surface area contributed by atoms with Crippen LogP contribution in [-0.4, -0.2) is 121 Å². The number of nitrogens with one attached hydrogen (secondary N) is 1. The number of benzene rings is 1. The van der Waals surface area contributed by atoms with Gasteiger partial charge in [-0.05, 0) is 68.5 Å². The van der Waals surface area contributed by atoms with Gasteiger partial charge < -0.3 is 24.6 Å². The van der Waals surface area contributed by atoms with Crippen molar-refractivity contribution in [2.45, 2.75) is 87.5 Å². The van der Waals surface area contributed by atoms with E-state index in [2.05, 4.69) is 20.1 Å². The van der Waals surface area contributed by atoms with Crippen LogP contribution >= 0.6 is 11.6 Å². The summed E-state index contributed by atoms with van der Waals surface area (Å²) in [5, 5.41) is 23.1. The molecule has 6 bridgehead atoms. The molecule has 5 atom stereocenters. The molecule has 1 aliphatic carbocycles. The molecule has 0 amide bonds. The number of alkyl halides is 7. The van der Waals surface area contributed by atoms with Crippen LogP contribution in [0.3, 0.4) is 0 Å². The highest BCUT2D eigenvalue weighted by Gasteiger charge is 2.50. The first-order valence-electron chi connectivity index (χ1n) is 18.8. The molecule has 1 saturated carbocycles. The number of esters is 1. The molecule has 4 fully saturated rings. The number of fused-ring (bicyclic) bond motifs is 6. The van der Waals surface area contributed by atoms with Gasteiger partial charge in [-0.3, -0.25) is 19.8 Å². The lowest BCUT2D eigenvalue weighted by molar-refractivity contribution is -0.193. The number of halogens is 9. The van der Waals surface area contributed by atoms with Gasteiger partial charge in [0.2, 0.25) is 0 Å². The van der Waals surface area contributed by atoms with E-state index in [1.54, 1.807) is 12.4 Å². The molecule has 3 aromatic heterocycles. The van der Waals surface area contributed by atoms with Crippen LogP contribution in [0.4, 0.5) is 40.9 Å². The van der Waals surface area contributed by atoms with Crippen molar-refractivity contribution in [2.75, 3.05) is 37.7 Å². The van der Waals surface area contributed by atoms with Crippen molar-refractivity contribution in [3.63, 3.8) is 0 Å². The lowest BCUT2D eigenvalue weighted by atomic mass is 9.94. The first-order valence-corrected chi connectivity index (χ1v) is 19.2. The molecule has 0 unspecified atom stereocenters. The first-order chi connectivity index (χ1) is 28.3. The predicted molar refractivity (Wildman–Crippen MR) is 195 cm³/mol. The van der Waals surface area contributed by atoms with Crippen molar-refractivity contribution < 1.29 is 69.2 Å². The molecule has 3 saturated heterocycles. The number of anilines is 1. The molecule has 60 heavy (non-hydrogen) atoms. The molecule has 5 aliphatic heterocycles. The van der Waals surface area contributed by atoms with E-state index in [1.807, 2.05) is 11.0 Å². The minimum Gasteiger partial charge on any atom is -0.475 e. The number of piperidine rings is 1. The van der Waals surface area contributed by atoms with Gasteiger partial charge in [-0.25, -0.2) is 18.4 Å². The second-order valence-corrected chi connectivity index (χ2v) is 15.7. The van der Waals surface area contributed by atoms with Crippen LogP contribution in [0.5, 0.6) is 6.01 Å². The largest absolute Gasteiger partial charge is 0.490 e. The Hall–Kier alpha value is -5.12. The quantitative estimate of drug-likeness (QED) is 0.142. The maximum atomic E-state index is 17.1. The fourth-order valence-corrected chi connectivity index (χ4v) is 8.88. The predicted octanol–water partition coefficient (Wildman–Crippen LogP) is 6.99. The fraction of sp³-hybridized carbons (Fsp3) is 0.541. The van der Waals surface area contributed by atoms with Crippen LogP contribution in [-0.2, 0) is 19.1 Å². The van der Waals surface area contributed by atoms with Crippen molar-refractivity contribution in [1.82, 2.24) is 30.0 Å². The summed E-state index contributed by atoms with van der Waals surface area (Å²) in [6.45, 7) is 2.51. The summed E-state index contributed by atoms with van der Waals surface area (Å²) >= 11 is 6.91. The second kappa shape index (κ2) is 16.4. The zero-order valence-corrected chi connectivity index (χ0v) is 32.0. The van der Waals surface area contributed by atoms with Gasteiger partial charge in [0.25, 0.3) is 0 Å². The van der Waals surface area contributed by atoms with Crippen molar-refractivity contribution in [3.05, 3.63) is 34.9 Å². The van der Waals surface area contributed by atoms with E-state index >= 15 is 4.39 Å². The topological polar surface area (TPSA) is 184 Å². The normalized spacial score (nSPS) is 25.1. The standard InChI is InChI=1S/C33H34ClF2N7O3.2C2HF3O2/c34-23-10-24-21(13-38-41-24)27-26(23)20-9-17(20)4-5-25(44)46-19-3-1-7-42(15-19)31-22-12-37-30(27)28(36)29(22)39-32(40-31)45-16-33-6-2-8-43(33)14-18(35)11-33;2*3-2(4,5)1(6)7/h10,12-13,17-20H,1-9,11,14-16H2,(H,38,41);2*(H,6,7)/t17-,18-,19-,20+,33+;;/m1../s1. The highest BCUT2D eigenvalue weighted by atomic mass is 35.5. The molecule has 8 heterocycles. The number of aromatic nitrogens is 5. The second-order valence-electron chi connectivity index (χ2n) is 15.3. The van der Waals surface area contributed by atoms with Crippen molar-refractivity contribution in [3.8, 4) is 17.3 Å². The molecule has 324 valence electrons. The zero-order chi connectivity index (χ0) is 43.3. The zero-order valence-electron chi connectivity index (χ0n) is 31.3. The fourth-order valence-electron chi connectivity index (χ4n) is 8.54. The van der Waals surface area contributed by atoms with Crippen LogP contribution in [0.15, 0.2) is 18.5 Å². The number of aliphatic carboxylic acids is 2. The van der Waals surface area contributed by atoms with Crippen LogP contribution in [0.2, 0.25) is 5.02 Å². The minimum absolute atomic E-state index is 0.0318. The Morgan fingerprint density at radius 3 is 2.43 bits per heavy atom. The number of ether oxygens (including phenoxy) is 2. The number of carbonyl (C=O) groups excluding carboxylic acids is 1. The van der Waals surface area contributed by atoms with E-state index in [9.17, 15) is 35.5 Å². The average Bonchev–Trinajstić information content (AvgIpc) is 3.41. The van der Waals surface area contributed by atoms with E-state index in [1.165, 1.54) is 0 Å². The number of carboxylic acid groups (broad SMARTS) is 2. The Balaban J connectivity index is 0.000000337. The van der Waals surface area contributed by atoms with Gasteiger partial charge in [-0.1, -0.05) is 11.6 Å². The van der Waals surface area contributed by atoms with Crippen LogP contribution in [0.1, 0.15) is 62.8 Å². The lowest BCUT2D eigenvalue weighted by Gasteiger charge is -2.34. The van der Waals surface area contributed by atoms with Crippen molar-refractivity contribution >= 4 is 57.1 Å². The number of pyridine rings is 1. The monoisotopic (exact) mass is 877 g/mol. The molecule has 1 aromatic carbocycles. The van der Waals surface area contributed by atoms with E-state index in [-0.39, 0.29) is 47.7 Å². The summed E-state index contributed by atoms with van der Waals surface area (Å²) in [6.07, 6.45) is -2.56. The van der Waals surface area contributed by atoms with Crippen LogP contribution < -0.4 is 9.64 Å². The average molecular weight is 878 g/mol. The summed E-state index contributed by atoms with van der Waals surface area (Å²) < 4.78 is 107. The maximum absolute atomic E-state index is 17.1. The molecule has 23 heteroatoms. The number of rotatable bonds is 3. The molecule has 3 N–H and O–H groups in total. The Labute approximate surface area is 339 Å². The van der Waals surface area contributed by atoms with Gasteiger partial charge >= 0.3 is 36.3 Å². The third-order valence-electron chi connectivity index (χ3n) is 11.3. The number of hydrogen-bond donors (Lipinski definition) is 3. The van der Waals surface area contributed by atoms with Crippen LogP contribution in [0, 0.1) is 11.7 Å². The third-order valence-corrected chi connectivity index (χ3v) is 11.6. The molecular weight excluding hydrogens is 842 g/mol. The number of carboxylic acids is 2. The molecule has 10 rings (SSSR count). The summed E-state index contributed by atoms with van der Waals surface area (Å²) in [4.78, 5) is 49.1. The molecule has 0 radical (unpaired) electrons. The molecule has 0 spiro atoms. The van der Waals surface area contributed by atoms with E-state index < -0.39 is 41.8 Å². The van der Waals surface area contributed by atoms with Gasteiger partial charge in [0.05, 0.1) is 29.2 Å². The number of carbonyl (C=O) groups is 3. The van der Waals surface area contributed by atoms with Gasteiger partial charge in [-0.2, -0.15) is 41.4 Å². The Kier molecular flexibility index (Phi) is 11.7. The SMILES string of the molecule is O=C(O)C(F)(F)F.O=C(O)C(F)(F)F.O=C1CC[C@@H]2C[C@@H]2c2c(Cl)cc3[nH]ncc3c2-c2ncc3c(nc(OC[C@@]45CCCN4C[C@H](F)C5)nc3c2F)N2CCC[C@H](C2)O1. The Bertz CT molecular complexity index is 2290. The lowest BCUT2D eigenvalue weighted by Crippen LogP contribution is -2.43. The first kappa shape index (κ1) is 43.0. The van der Waals surface area contributed by atoms with Gasteiger partial charge in [-0.15, -0.1) is 0 Å². The number of H-pyrrole nitrogens is 1. The summed E-state index contributed by atoms with van der Waals surface area (Å²) in [7, 11) is 0. The Morgan fingerprint density at radius 2 is 1.73 bits per heavy atom. The van der Waals surface area contributed by atoms with Crippen molar-refractivity contribution in [2.24, 2.45) is 5.92 Å². The molecule has 4 aromatic rings. The maximum Gasteiger partial charge on any atom is 0.490 e. The van der Waals surface area contributed by atoms with Gasteiger partial charge in [0, 0.05) is 48.1 Å². The highest BCUT2D eigenvalue weighted by molar-refractivity contribution is 6.33. The van der Waals surface area contributed by atoms with Gasteiger partial charge in [0.15, 0.2) is 5.82 Å². The highest BCUT2D eigenvalue weighted by Crippen LogP contribution is 2.56. The van der Waals surface area contributed by atoms with E-state index in [4.69, 9.17) is 50.8 Å². The van der Waals surface area contributed by atoms with Crippen LogP contribution in [0.25, 0.3) is 33.1 Å². The number of nitrogens with zero attached hydrogens (tertiary/aromatic N) is 6. The van der Waals surface area contributed by atoms with Crippen molar-refractivity contribution in [1.29, 1.82) is 0 Å². The third kappa shape index (κ3) is 8.84.